The summed E-state index contributed by atoms with van der Waals surface area (Å²) in [4.78, 5) is 10.7. The number of carboxylic acid groups (broad SMARTS) is 1. The summed E-state index contributed by atoms with van der Waals surface area (Å²) in [5.74, 6) is -1.13. The molecule has 0 aromatic heterocycles. The number of rotatable bonds is 4. The number of aromatic carboxylic acids is 1. The third-order valence-electron chi connectivity index (χ3n) is 1.94. The lowest BCUT2D eigenvalue weighted by molar-refractivity contribution is 0.0697. The molecule has 1 aromatic rings. The van der Waals surface area contributed by atoms with Crippen LogP contribution in [0, 0.1) is 0 Å². The number of nitrogens with one attached hydrogen (secondary N) is 1. The number of hydrogen-bond donors (Lipinski definition) is 2. The number of benzene rings is 1. The second kappa shape index (κ2) is 4.91. The van der Waals surface area contributed by atoms with Crippen molar-refractivity contribution in [2.24, 2.45) is 0 Å². The predicted molar refractivity (Wildman–Crippen MR) is 64.6 cm³/mol. The number of carboxylic acids is 1. The van der Waals surface area contributed by atoms with Crippen molar-refractivity contribution in [1.29, 1.82) is 0 Å². The minimum atomic E-state index is -3.66. The summed E-state index contributed by atoms with van der Waals surface area (Å²) in [6, 6.07) is 3.74. The molecule has 0 aliphatic carbocycles. The molecule has 1 rings (SSSR count). The summed E-state index contributed by atoms with van der Waals surface area (Å²) in [6.07, 6.45) is 0. The number of halogens is 1. The minimum Gasteiger partial charge on any atom is -0.478 e. The molecule has 0 atom stereocenters. The van der Waals surface area contributed by atoms with Crippen LogP contribution in [0.25, 0.3) is 0 Å². The maximum absolute atomic E-state index is 11.5. The van der Waals surface area contributed by atoms with Crippen molar-refractivity contribution in [3.05, 3.63) is 28.8 Å². The zero-order valence-corrected chi connectivity index (χ0v) is 10.7. The molecule has 0 amide bonds. The number of carbonyl (C=O) groups is 1. The standard InChI is InChI=1S/C9H11ClN2O4S/c1-12(2)17(15,16)11-8-4-3-6(9(13)14)5-7(8)10/h3-5,11H,1-2H3,(H,13,14). The van der Waals surface area contributed by atoms with E-state index in [9.17, 15) is 13.2 Å². The van der Waals surface area contributed by atoms with E-state index in [4.69, 9.17) is 16.7 Å². The van der Waals surface area contributed by atoms with Crippen molar-refractivity contribution in [1.82, 2.24) is 4.31 Å². The van der Waals surface area contributed by atoms with E-state index in [2.05, 4.69) is 4.72 Å². The van der Waals surface area contributed by atoms with E-state index in [1.807, 2.05) is 0 Å². The Morgan fingerprint density at radius 3 is 2.41 bits per heavy atom. The largest absolute Gasteiger partial charge is 0.478 e. The number of nitrogens with zero attached hydrogens (tertiary/aromatic N) is 1. The van der Waals surface area contributed by atoms with Gasteiger partial charge in [0.1, 0.15) is 0 Å². The molecule has 0 saturated carbocycles. The number of anilines is 1. The van der Waals surface area contributed by atoms with Crippen molar-refractivity contribution in [3.8, 4) is 0 Å². The van der Waals surface area contributed by atoms with Crippen LogP contribution in [0.1, 0.15) is 10.4 Å². The normalized spacial score (nSPS) is 11.5. The van der Waals surface area contributed by atoms with Gasteiger partial charge < -0.3 is 5.11 Å². The van der Waals surface area contributed by atoms with Crippen LogP contribution in [0.3, 0.4) is 0 Å². The topological polar surface area (TPSA) is 86.7 Å². The van der Waals surface area contributed by atoms with Crippen molar-refractivity contribution in [3.63, 3.8) is 0 Å². The van der Waals surface area contributed by atoms with Gasteiger partial charge in [0.05, 0.1) is 16.3 Å². The van der Waals surface area contributed by atoms with Gasteiger partial charge in [-0.1, -0.05) is 11.6 Å². The highest BCUT2D eigenvalue weighted by molar-refractivity contribution is 7.90. The monoisotopic (exact) mass is 278 g/mol. The van der Waals surface area contributed by atoms with Gasteiger partial charge in [0.25, 0.3) is 0 Å². The van der Waals surface area contributed by atoms with Gasteiger partial charge in [-0.25, -0.2) is 4.79 Å². The first kappa shape index (κ1) is 13.8. The van der Waals surface area contributed by atoms with E-state index < -0.39 is 16.2 Å². The summed E-state index contributed by atoms with van der Waals surface area (Å²) in [6.45, 7) is 0. The molecule has 0 aliphatic heterocycles. The minimum absolute atomic E-state index is 0.0113. The van der Waals surface area contributed by atoms with Crippen LogP contribution < -0.4 is 4.72 Å². The molecule has 2 N–H and O–H groups in total. The van der Waals surface area contributed by atoms with Gasteiger partial charge in [-0.3, -0.25) is 4.72 Å². The van der Waals surface area contributed by atoms with Gasteiger partial charge in [0, 0.05) is 14.1 Å². The van der Waals surface area contributed by atoms with E-state index in [-0.39, 0.29) is 16.3 Å². The first-order valence-electron chi connectivity index (χ1n) is 4.47. The van der Waals surface area contributed by atoms with Gasteiger partial charge in [-0.05, 0) is 18.2 Å². The van der Waals surface area contributed by atoms with Crippen LogP contribution >= 0.6 is 11.6 Å². The summed E-state index contributed by atoms with van der Waals surface area (Å²) >= 11 is 5.78. The fourth-order valence-electron chi connectivity index (χ4n) is 0.961. The second-order valence-corrected chi connectivity index (χ2v) is 5.68. The fourth-order valence-corrected chi connectivity index (χ4v) is 1.88. The van der Waals surface area contributed by atoms with Crippen molar-refractivity contribution in [2.45, 2.75) is 0 Å². The van der Waals surface area contributed by atoms with E-state index in [1.54, 1.807) is 0 Å². The quantitative estimate of drug-likeness (QED) is 0.868. The van der Waals surface area contributed by atoms with E-state index in [0.717, 1.165) is 4.31 Å². The Bertz CT molecular complexity index is 542. The van der Waals surface area contributed by atoms with Crippen LogP contribution in [-0.4, -0.2) is 37.9 Å². The van der Waals surface area contributed by atoms with Crippen LogP contribution in [0.5, 0.6) is 0 Å². The number of hydrogen-bond acceptors (Lipinski definition) is 3. The third-order valence-corrected chi connectivity index (χ3v) is 3.69. The van der Waals surface area contributed by atoms with E-state index in [0.29, 0.717) is 0 Å². The highest BCUT2D eigenvalue weighted by atomic mass is 35.5. The van der Waals surface area contributed by atoms with Crippen LogP contribution in [0.15, 0.2) is 18.2 Å². The lowest BCUT2D eigenvalue weighted by Crippen LogP contribution is -2.29. The van der Waals surface area contributed by atoms with Crippen molar-refractivity contribution in [2.75, 3.05) is 18.8 Å². The smallest absolute Gasteiger partial charge is 0.335 e. The molecule has 94 valence electrons. The molecule has 1 aromatic carbocycles. The van der Waals surface area contributed by atoms with E-state index in [1.165, 1.54) is 32.3 Å². The maximum atomic E-state index is 11.5. The Morgan fingerprint density at radius 1 is 1.41 bits per heavy atom. The summed E-state index contributed by atoms with van der Waals surface area (Å²) < 4.78 is 26.2. The molecule has 6 nitrogen and oxygen atoms in total. The summed E-state index contributed by atoms with van der Waals surface area (Å²) in [7, 11) is -0.929. The summed E-state index contributed by atoms with van der Waals surface area (Å²) in [5.41, 5.74) is 0.119. The average Bonchev–Trinajstić information content (AvgIpc) is 2.20. The Kier molecular flexibility index (Phi) is 3.97. The zero-order chi connectivity index (χ0) is 13.2. The highest BCUT2D eigenvalue weighted by Gasteiger charge is 2.15. The molecule has 0 aliphatic rings. The van der Waals surface area contributed by atoms with Gasteiger partial charge in [-0.15, -0.1) is 0 Å². The molecule has 8 heteroatoms. The summed E-state index contributed by atoms with van der Waals surface area (Å²) in [5, 5.41) is 8.74. The molecular weight excluding hydrogens is 268 g/mol. The molecule has 0 unspecified atom stereocenters. The molecule has 17 heavy (non-hydrogen) atoms. The third kappa shape index (κ3) is 3.32. The Labute approximate surface area is 104 Å². The van der Waals surface area contributed by atoms with Gasteiger partial charge >= 0.3 is 16.2 Å². The Balaban J connectivity index is 3.06. The fraction of sp³-hybridized carbons (Fsp3) is 0.222. The molecule has 0 bridgehead atoms. The highest BCUT2D eigenvalue weighted by Crippen LogP contribution is 2.24. The van der Waals surface area contributed by atoms with E-state index >= 15 is 0 Å². The van der Waals surface area contributed by atoms with Gasteiger partial charge in [-0.2, -0.15) is 12.7 Å². The molecule has 0 spiro atoms. The lowest BCUT2D eigenvalue weighted by atomic mass is 10.2. The molecule has 0 radical (unpaired) electrons. The van der Waals surface area contributed by atoms with Crippen molar-refractivity contribution >= 4 is 33.5 Å². The SMILES string of the molecule is CN(C)S(=O)(=O)Nc1ccc(C(=O)O)cc1Cl. The molecule has 0 fully saturated rings. The zero-order valence-electron chi connectivity index (χ0n) is 9.14. The van der Waals surface area contributed by atoms with Gasteiger partial charge in [0.2, 0.25) is 0 Å². The predicted octanol–water partition coefficient (Wildman–Crippen LogP) is 1.26. The lowest BCUT2D eigenvalue weighted by Gasteiger charge is -2.14. The Morgan fingerprint density at radius 2 is 2.00 bits per heavy atom. The van der Waals surface area contributed by atoms with Crippen molar-refractivity contribution < 1.29 is 18.3 Å². The van der Waals surface area contributed by atoms with Crippen LogP contribution in [0.2, 0.25) is 5.02 Å². The molecular formula is C9H11ClN2O4S. The first-order valence-corrected chi connectivity index (χ1v) is 6.29. The molecule has 0 heterocycles. The second-order valence-electron chi connectivity index (χ2n) is 3.39. The van der Waals surface area contributed by atoms with Gasteiger partial charge in [0.15, 0.2) is 0 Å². The van der Waals surface area contributed by atoms with Crippen LogP contribution in [0.4, 0.5) is 5.69 Å². The Hall–Kier alpha value is -1.31. The average molecular weight is 279 g/mol. The van der Waals surface area contributed by atoms with Crippen LogP contribution in [-0.2, 0) is 10.2 Å². The molecule has 0 saturated heterocycles. The first-order chi connectivity index (χ1) is 7.74. The maximum Gasteiger partial charge on any atom is 0.335 e.